The van der Waals surface area contributed by atoms with Crippen molar-refractivity contribution in [3.63, 3.8) is 0 Å². The molecule has 0 aliphatic carbocycles. The zero-order valence-electron chi connectivity index (χ0n) is 19.0. The summed E-state index contributed by atoms with van der Waals surface area (Å²) in [6.45, 7) is 4.62. The van der Waals surface area contributed by atoms with Crippen molar-refractivity contribution in [3.05, 3.63) is 41.2 Å². The number of fused-ring (bicyclic) bond motifs is 1. The van der Waals surface area contributed by atoms with Crippen LogP contribution in [0.3, 0.4) is 0 Å². The lowest BCUT2D eigenvalue weighted by Crippen LogP contribution is -2.40. The van der Waals surface area contributed by atoms with Crippen LogP contribution in [-0.2, 0) is 26.6 Å². The van der Waals surface area contributed by atoms with E-state index in [1.54, 1.807) is 12.1 Å². The summed E-state index contributed by atoms with van der Waals surface area (Å²) in [6, 6.07) is 6.36. The molecule has 1 aromatic carbocycles. The summed E-state index contributed by atoms with van der Waals surface area (Å²) < 4.78 is 45.6. The SMILES string of the molecule is Cc1cc(C(=O)COC(=O)C2CCN(S(=O)(=O)c3ccc4c(c3)OCCO4)CC2)c(C)n1C. The van der Waals surface area contributed by atoms with E-state index >= 15 is 0 Å². The predicted octanol–water partition coefficient (Wildman–Crippen LogP) is 2.24. The van der Waals surface area contributed by atoms with Gasteiger partial charge >= 0.3 is 5.97 Å². The maximum Gasteiger partial charge on any atom is 0.309 e. The van der Waals surface area contributed by atoms with Crippen molar-refractivity contribution in [1.82, 2.24) is 8.87 Å². The third kappa shape index (κ3) is 4.63. The van der Waals surface area contributed by atoms with Crippen LogP contribution in [0.5, 0.6) is 11.5 Å². The molecule has 1 saturated heterocycles. The molecule has 0 unspecified atom stereocenters. The number of rotatable bonds is 6. The fourth-order valence-corrected chi connectivity index (χ4v) is 5.62. The zero-order valence-corrected chi connectivity index (χ0v) is 19.8. The van der Waals surface area contributed by atoms with Crippen molar-refractivity contribution >= 4 is 21.8 Å². The van der Waals surface area contributed by atoms with E-state index in [0.717, 1.165) is 11.4 Å². The Morgan fingerprint density at radius 1 is 1.06 bits per heavy atom. The average Bonchev–Trinajstić information content (AvgIpc) is 3.09. The molecule has 2 aromatic rings. The molecule has 0 N–H and O–H groups in total. The normalized spacial score (nSPS) is 17.1. The van der Waals surface area contributed by atoms with Crippen molar-refractivity contribution in [1.29, 1.82) is 0 Å². The average molecular weight is 477 g/mol. The van der Waals surface area contributed by atoms with Crippen LogP contribution in [-0.4, -0.2) is 62.0 Å². The summed E-state index contributed by atoms with van der Waals surface area (Å²) in [4.78, 5) is 25.1. The Kier molecular flexibility index (Phi) is 6.49. The molecule has 9 nitrogen and oxygen atoms in total. The van der Waals surface area contributed by atoms with Gasteiger partial charge in [0, 0.05) is 43.2 Å². The van der Waals surface area contributed by atoms with Gasteiger partial charge in [0.15, 0.2) is 18.1 Å². The lowest BCUT2D eigenvalue weighted by Gasteiger charge is -2.30. The van der Waals surface area contributed by atoms with Crippen LogP contribution in [0, 0.1) is 19.8 Å². The highest BCUT2D eigenvalue weighted by atomic mass is 32.2. The number of hydrogen-bond donors (Lipinski definition) is 0. The first-order valence-electron chi connectivity index (χ1n) is 10.9. The maximum atomic E-state index is 13.0. The number of aryl methyl sites for hydroxylation is 1. The molecule has 0 bridgehead atoms. The second-order valence-electron chi connectivity index (χ2n) is 8.36. The lowest BCUT2D eigenvalue weighted by molar-refractivity contribution is -0.148. The minimum absolute atomic E-state index is 0.131. The van der Waals surface area contributed by atoms with Gasteiger partial charge in [-0.3, -0.25) is 9.59 Å². The standard InChI is InChI=1S/C23H28N2O7S/c1-15-12-19(16(2)24(15)3)20(26)14-32-23(27)17-6-8-25(9-7-17)33(28,29)18-4-5-21-22(13-18)31-11-10-30-21/h4-5,12-13,17H,6-11,14H2,1-3H3. The van der Waals surface area contributed by atoms with Gasteiger partial charge in [0.2, 0.25) is 15.8 Å². The molecule has 10 heteroatoms. The summed E-state index contributed by atoms with van der Waals surface area (Å²) in [6.07, 6.45) is 0.667. The number of carbonyl (C=O) groups is 2. The highest BCUT2D eigenvalue weighted by Gasteiger charge is 2.33. The summed E-state index contributed by atoms with van der Waals surface area (Å²) in [5.74, 6) is -0.220. The fourth-order valence-electron chi connectivity index (χ4n) is 4.13. The fraction of sp³-hybridized carbons (Fsp3) is 0.478. The molecule has 2 aliphatic rings. The van der Waals surface area contributed by atoms with E-state index in [1.165, 1.54) is 16.4 Å². The minimum Gasteiger partial charge on any atom is -0.486 e. The summed E-state index contributed by atoms with van der Waals surface area (Å²) in [5, 5.41) is 0. The van der Waals surface area contributed by atoms with E-state index in [2.05, 4.69) is 0 Å². The number of esters is 1. The van der Waals surface area contributed by atoms with Crippen molar-refractivity contribution in [2.24, 2.45) is 13.0 Å². The van der Waals surface area contributed by atoms with Crippen molar-refractivity contribution < 1.29 is 32.2 Å². The number of hydrogen-bond acceptors (Lipinski definition) is 7. The van der Waals surface area contributed by atoms with Crippen LogP contribution >= 0.6 is 0 Å². The Hall–Kier alpha value is -2.85. The van der Waals surface area contributed by atoms with Crippen molar-refractivity contribution in [3.8, 4) is 11.5 Å². The van der Waals surface area contributed by atoms with E-state index in [-0.39, 0.29) is 30.4 Å². The van der Waals surface area contributed by atoms with Gasteiger partial charge in [-0.05, 0) is 44.9 Å². The van der Waals surface area contributed by atoms with Gasteiger partial charge < -0.3 is 18.8 Å². The third-order valence-electron chi connectivity index (χ3n) is 6.36. The number of ether oxygens (including phenoxy) is 3. The van der Waals surface area contributed by atoms with Crippen LogP contribution in [0.4, 0.5) is 0 Å². The molecule has 0 saturated carbocycles. The molecule has 0 amide bonds. The lowest BCUT2D eigenvalue weighted by atomic mass is 9.98. The van der Waals surface area contributed by atoms with E-state index in [1.807, 2.05) is 25.5 Å². The molecule has 2 aliphatic heterocycles. The van der Waals surface area contributed by atoms with Gasteiger partial charge in [0.05, 0.1) is 10.8 Å². The smallest absolute Gasteiger partial charge is 0.309 e. The second-order valence-corrected chi connectivity index (χ2v) is 10.3. The number of aromatic nitrogens is 1. The number of ketones is 1. The Balaban J connectivity index is 1.33. The number of nitrogens with zero attached hydrogens (tertiary/aromatic N) is 2. The van der Waals surface area contributed by atoms with Crippen LogP contribution < -0.4 is 9.47 Å². The summed E-state index contributed by atoms with van der Waals surface area (Å²) in [7, 11) is -1.85. The quantitative estimate of drug-likeness (QED) is 0.465. The highest BCUT2D eigenvalue weighted by Crippen LogP contribution is 2.34. The van der Waals surface area contributed by atoms with Crippen molar-refractivity contribution in [2.45, 2.75) is 31.6 Å². The predicted molar refractivity (Wildman–Crippen MR) is 119 cm³/mol. The van der Waals surface area contributed by atoms with Crippen LogP contribution in [0.2, 0.25) is 0 Å². The Bertz CT molecular complexity index is 1180. The number of benzene rings is 1. The minimum atomic E-state index is -3.72. The number of piperidine rings is 1. The highest BCUT2D eigenvalue weighted by molar-refractivity contribution is 7.89. The third-order valence-corrected chi connectivity index (χ3v) is 8.25. The molecular formula is C23H28N2O7S. The van der Waals surface area contributed by atoms with E-state index < -0.39 is 21.9 Å². The number of Topliss-reactive ketones (excluding diaryl/α,β-unsaturated/α-hetero) is 1. The molecule has 1 fully saturated rings. The molecular weight excluding hydrogens is 448 g/mol. The molecule has 3 heterocycles. The molecule has 0 radical (unpaired) electrons. The number of carbonyl (C=O) groups excluding carboxylic acids is 2. The Morgan fingerprint density at radius 3 is 2.36 bits per heavy atom. The van der Waals surface area contributed by atoms with Gasteiger partial charge in [-0.1, -0.05) is 0 Å². The van der Waals surface area contributed by atoms with E-state index in [9.17, 15) is 18.0 Å². The van der Waals surface area contributed by atoms with Crippen LogP contribution in [0.1, 0.15) is 34.6 Å². The molecule has 33 heavy (non-hydrogen) atoms. The van der Waals surface area contributed by atoms with Gasteiger partial charge in [0.25, 0.3) is 0 Å². The van der Waals surface area contributed by atoms with Gasteiger partial charge in [-0.2, -0.15) is 4.31 Å². The Morgan fingerprint density at radius 2 is 1.73 bits per heavy atom. The van der Waals surface area contributed by atoms with Crippen molar-refractivity contribution in [2.75, 3.05) is 32.9 Å². The summed E-state index contributed by atoms with van der Waals surface area (Å²) in [5.41, 5.74) is 2.32. The first kappa shape index (κ1) is 23.3. The first-order valence-corrected chi connectivity index (χ1v) is 12.3. The zero-order chi connectivity index (χ0) is 23.8. The summed E-state index contributed by atoms with van der Waals surface area (Å²) >= 11 is 0. The monoisotopic (exact) mass is 476 g/mol. The van der Waals surface area contributed by atoms with Crippen LogP contribution in [0.15, 0.2) is 29.2 Å². The molecule has 4 rings (SSSR count). The Labute approximate surface area is 193 Å². The van der Waals surface area contributed by atoms with Crippen LogP contribution in [0.25, 0.3) is 0 Å². The van der Waals surface area contributed by atoms with Gasteiger partial charge in [0.1, 0.15) is 13.2 Å². The molecule has 178 valence electrons. The van der Waals surface area contributed by atoms with Gasteiger partial charge in [-0.25, -0.2) is 8.42 Å². The number of sulfonamides is 1. The largest absolute Gasteiger partial charge is 0.486 e. The second kappa shape index (κ2) is 9.18. The van der Waals surface area contributed by atoms with E-state index in [0.29, 0.717) is 43.1 Å². The topological polar surface area (TPSA) is 104 Å². The molecule has 0 spiro atoms. The molecule has 1 aromatic heterocycles. The van der Waals surface area contributed by atoms with Gasteiger partial charge in [-0.15, -0.1) is 0 Å². The first-order chi connectivity index (χ1) is 15.7. The maximum absolute atomic E-state index is 13.0. The van der Waals surface area contributed by atoms with E-state index in [4.69, 9.17) is 14.2 Å². The molecule has 0 atom stereocenters.